The molecule has 1 aliphatic rings. The third-order valence-electron chi connectivity index (χ3n) is 4.47. The predicted octanol–water partition coefficient (Wildman–Crippen LogP) is 2.24. The molecule has 1 unspecified atom stereocenters. The van der Waals surface area contributed by atoms with Crippen molar-refractivity contribution >= 4 is 5.69 Å². The largest absolute Gasteiger partial charge is 0.381 e. The Morgan fingerprint density at radius 3 is 2.84 bits per heavy atom. The van der Waals surface area contributed by atoms with Gasteiger partial charge in [0.25, 0.3) is 0 Å². The highest BCUT2D eigenvalue weighted by Gasteiger charge is 2.25. The molecule has 0 bridgehead atoms. The molecule has 0 spiro atoms. The summed E-state index contributed by atoms with van der Waals surface area (Å²) < 4.78 is 9.17. The van der Waals surface area contributed by atoms with Crippen LogP contribution in [-0.2, 0) is 11.8 Å². The summed E-state index contributed by atoms with van der Waals surface area (Å²) in [4.78, 5) is 6.95. The summed E-state index contributed by atoms with van der Waals surface area (Å²) in [6, 6.07) is 8.33. The van der Waals surface area contributed by atoms with E-state index in [1.54, 1.807) is 4.68 Å². The molecule has 4 rings (SSSR count). The Balaban J connectivity index is 1.83. The van der Waals surface area contributed by atoms with Crippen molar-refractivity contribution in [2.75, 3.05) is 32.2 Å². The normalized spacial score (nSPS) is 17.2. The van der Waals surface area contributed by atoms with Crippen LogP contribution in [0.3, 0.4) is 0 Å². The van der Waals surface area contributed by atoms with Gasteiger partial charge in [-0.1, -0.05) is 12.1 Å². The fourth-order valence-corrected chi connectivity index (χ4v) is 3.05. The van der Waals surface area contributed by atoms with Crippen LogP contribution < -0.4 is 4.90 Å². The van der Waals surface area contributed by atoms with Crippen LogP contribution in [0.4, 0.5) is 5.69 Å². The molecule has 0 aliphatic carbocycles. The number of benzene rings is 1. The van der Waals surface area contributed by atoms with Gasteiger partial charge in [-0.15, -0.1) is 0 Å². The number of aryl methyl sites for hydroxylation is 1. The SMILES string of the molecule is CN(C)c1cccc(-c2nc(C3CCOC3)nn2-c2cnn(C)c2)c1. The van der Waals surface area contributed by atoms with Gasteiger partial charge in [0.1, 0.15) is 5.69 Å². The first-order valence-corrected chi connectivity index (χ1v) is 8.43. The van der Waals surface area contributed by atoms with E-state index in [4.69, 9.17) is 14.8 Å². The van der Waals surface area contributed by atoms with Crippen molar-refractivity contribution in [3.8, 4) is 17.1 Å². The molecule has 7 heteroatoms. The monoisotopic (exact) mass is 338 g/mol. The zero-order valence-corrected chi connectivity index (χ0v) is 14.8. The Kier molecular flexibility index (Phi) is 4.01. The minimum atomic E-state index is 0.258. The van der Waals surface area contributed by atoms with Crippen molar-refractivity contribution in [1.29, 1.82) is 0 Å². The quantitative estimate of drug-likeness (QED) is 0.730. The van der Waals surface area contributed by atoms with Gasteiger partial charge in [-0.2, -0.15) is 10.2 Å². The summed E-state index contributed by atoms with van der Waals surface area (Å²) in [7, 11) is 5.97. The van der Waals surface area contributed by atoms with E-state index in [0.29, 0.717) is 6.61 Å². The first kappa shape index (κ1) is 15.8. The van der Waals surface area contributed by atoms with Crippen LogP contribution in [0, 0.1) is 0 Å². The van der Waals surface area contributed by atoms with E-state index in [0.717, 1.165) is 41.6 Å². The Morgan fingerprint density at radius 2 is 2.16 bits per heavy atom. The lowest BCUT2D eigenvalue weighted by Crippen LogP contribution is -2.08. The molecule has 3 aromatic rings. The van der Waals surface area contributed by atoms with Gasteiger partial charge < -0.3 is 9.64 Å². The van der Waals surface area contributed by atoms with Gasteiger partial charge in [0, 0.05) is 44.9 Å². The summed E-state index contributed by atoms with van der Waals surface area (Å²) in [5, 5.41) is 9.06. The lowest BCUT2D eigenvalue weighted by atomic mass is 10.1. The van der Waals surface area contributed by atoms with Gasteiger partial charge in [-0.25, -0.2) is 9.67 Å². The molecule has 0 amide bonds. The molecule has 0 N–H and O–H groups in total. The van der Waals surface area contributed by atoms with Gasteiger partial charge in [-0.3, -0.25) is 4.68 Å². The summed E-state index contributed by atoms with van der Waals surface area (Å²) >= 11 is 0. The number of anilines is 1. The zero-order valence-electron chi connectivity index (χ0n) is 14.8. The summed E-state index contributed by atoms with van der Waals surface area (Å²) in [5.74, 6) is 1.93. The van der Waals surface area contributed by atoms with Crippen molar-refractivity contribution in [2.24, 2.45) is 7.05 Å². The number of ether oxygens (including phenoxy) is 1. The lowest BCUT2D eigenvalue weighted by Gasteiger charge is -2.13. The minimum Gasteiger partial charge on any atom is -0.381 e. The van der Waals surface area contributed by atoms with Gasteiger partial charge in [0.15, 0.2) is 11.6 Å². The van der Waals surface area contributed by atoms with E-state index in [1.165, 1.54) is 0 Å². The molecule has 3 heterocycles. The number of rotatable bonds is 4. The second-order valence-corrected chi connectivity index (χ2v) is 6.58. The maximum absolute atomic E-state index is 5.51. The molecule has 1 aliphatic heterocycles. The third-order valence-corrected chi connectivity index (χ3v) is 4.47. The molecule has 1 saturated heterocycles. The molecule has 2 aromatic heterocycles. The van der Waals surface area contributed by atoms with Crippen LogP contribution in [0.25, 0.3) is 17.1 Å². The Labute approximate surface area is 146 Å². The number of hydrogen-bond acceptors (Lipinski definition) is 5. The fourth-order valence-electron chi connectivity index (χ4n) is 3.05. The predicted molar refractivity (Wildman–Crippen MR) is 96.1 cm³/mol. The first-order chi connectivity index (χ1) is 12.1. The van der Waals surface area contributed by atoms with E-state index in [-0.39, 0.29) is 5.92 Å². The van der Waals surface area contributed by atoms with Crippen molar-refractivity contribution in [3.63, 3.8) is 0 Å². The molecule has 1 atom stereocenters. The molecule has 1 fully saturated rings. The Bertz CT molecular complexity index is 875. The second-order valence-electron chi connectivity index (χ2n) is 6.58. The van der Waals surface area contributed by atoms with Crippen LogP contribution in [-0.4, -0.2) is 51.9 Å². The molecule has 130 valence electrons. The minimum absolute atomic E-state index is 0.258. The molecule has 0 radical (unpaired) electrons. The standard InChI is InChI=1S/C18H22N6O/c1-22(2)15-6-4-5-13(9-15)18-20-17(14-7-8-25-12-14)21-24(18)16-10-19-23(3)11-16/h4-6,9-11,14H,7-8,12H2,1-3H3. The van der Waals surface area contributed by atoms with E-state index in [1.807, 2.05) is 44.3 Å². The molecule has 1 aromatic carbocycles. The van der Waals surface area contributed by atoms with Gasteiger partial charge >= 0.3 is 0 Å². The fraction of sp³-hybridized carbons (Fsp3) is 0.389. The van der Waals surface area contributed by atoms with Gasteiger partial charge in [-0.05, 0) is 18.6 Å². The smallest absolute Gasteiger partial charge is 0.163 e. The van der Waals surface area contributed by atoms with Crippen LogP contribution in [0.5, 0.6) is 0 Å². The highest BCUT2D eigenvalue weighted by Crippen LogP contribution is 2.29. The van der Waals surface area contributed by atoms with Crippen molar-refractivity contribution < 1.29 is 4.74 Å². The Morgan fingerprint density at radius 1 is 1.28 bits per heavy atom. The zero-order chi connectivity index (χ0) is 17.4. The summed E-state index contributed by atoms with van der Waals surface area (Å²) in [6.07, 6.45) is 4.72. The second kappa shape index (κ2) is 6.33. The van der Waals surface area contributed by atoms with Crippen LogP contribution in [0.1, 0.15) is 18.2 Å². The van der Waals surface area contributed by atoms with E-state index in [9.17, 15) is 0 Å². The molecular weight excluding hydrogens is 316 g/mol. The third kappa shape index (κ3) is 3.02. The van der Waals surface area contributed by atoms with E-state index >= 15 is 0 Å². The average Bonchev–Trinajstić information content (AvgIpc) is 3.34. The highest BCUT2D eigenvalue weighted by molar-refractivity contribution is 5.64. The van der Waals surface area contributed by atoms with Crippen molar-refractivity contribution in [2.45, 2.75) is 12.3 Å². The number of hydrogen-bond donors (Lipinski definition) is 0. The van der Waals surface area contributed by atoms with Crippen LogP contribution in [0.2, 0.25) is 0 Å². The lowest BCUT2D eigenvalue weighted by molar-refractivity contribution is 0.193. The molecule has 7 nitrogen and oxygen atoms in total. The maximum Gasteiger partial charge on any atom is 0.163 e. The van der Waals surface area contributed by atoms with E-state index in [2.05, 4.69) is 28.2 Å². The van der Waals surface area contributed by atoms with Crippen molar-refractivity contribution in [3.05, 3.63) is 42.5 Å². The number of nitrogens with zero attached hydrogens (tertiary/aromatic N) is 6. The molecule has 25 heavy (non-hydrogen) atoms. The van der Waals surface area contributed by atoms with Gasteiger partial charge in [0.2, 0.25) is 0 Å². The molecule has 0 saturated carbocycles. The highest BCUT2D eigenvalue weighted by atomic mass is 16.5. The summed E-state index contributed by atoms with van der Waals surface area (Å²) in [5.41, 5.74) is 3.07. The van der Waals surface area contributed by atoms with Crippen LogP contribution >= 0.6 is 0 Å². The molecular formula is C18H22N6O. The van der Waals surface area contributed by atoms with E-state index < -0.39 is 0 Å². The topological polar surface area (TPSA) is 61.0 Å². The first-order valence-electron chi connectivity index (χ1n) is 8.43. The van der Waals surface area contributed by atoms with Gasteiger partial charge in [0.05, 0.1) is 19.0 Å². The van der Waals surface area contributed by atoms with Crippen LogP contribution in [0.15, 0.2) is 36.7 Å². The van der Waals surface area contributed by atoms with Crippen molar-refractivity contribution in [1.82, 2.24) is 24.5 Å². The summed E-state index contributed by atoms with van der Waals surface area (Å²) in [6.45, 7) is 1.46. The maximum atomic E-state index is 5.51. The average molecular weight is 338 g/mol. The Hall–Kier alpha value is -2.67. The number of aromatic nitrogens is 5.